The fourth-order valence-electron chi connectivity index (χ4n) is 2.22. The monoisotopic (exact) mass is 264 g/mol. The highest BCUT2D eigenvalue weighted by atomic mass is 16.5. The molecule has 0 aliphatic carbocycles. The lowest BCUT2D eigenvalue weighted by molar-refractivity contribution is 0.183. The lowest BCUT2D eigenvalue weighted by Crippen LogP contribution is -2.12. The highest BCUT2D eigenvalue weighted by molar-refractivity contribution is 5.38. The van der Waals surface area contributed by atoms with E-state index >= 15 is 0 Å². The van der Waals surface area contributed by atoms with Crippen LogP contribution in [-0.2, 0) is 0 Å². The Morgan fingerprint density at radius 3 is 2.58 bits per heavy atom. The van der Waals surface area contributed by atoms with Gasteiger partial charge in [0.2, 0.25) is 0 Å². The quantitative estimate of drug-likeness (QED) is 0.741. The fraction of sp³-hybridized carbons (Fsp3) is 0.647. The molecular formula is C17H28O2. The molecule has 19 heavy (non-hydrogen) atoms. The molecule has 0 radical (unpaired) electrons. The first-order valence-corrected chi connectivity index (χ1v) is 7.49. The van der Waals surface area contributed by atoms with E-state index in [9.17, 15) is 5.11 Å². The molecule has 2 atom stereocenters. The maximum atomic E-state index is 9.78. The average Bonchev–Trinajstić information content (AvgIpc) is 2.38. The van der Waals surface area contributed by atoms with Crippen LogP contribution < -0.4 is 4.74 Å². The molecular weight excluding hydrogens is 236 g/mol. The van der Waals surface area contributed by atoms with Gasteiger partial charge in [0, 0.05) is 5.56 Å². The number of hydrogen-bond acceptors (Lipinski definition) is 2. The minimum atomic E-state index is -0.480. The topological polar surface area (TPSA) is 29.5 Å². The molecule has 0 fully saturated rings. The molecule has 0 bridgehead atoms. The van der Waals surface area contributed by atoms with Crippen molar-refractivity contribution in [3.05, 3.63) is 29.3 Å². The van der Waals surface area contributed by atoms with Gasteiger partial charge in [-0.25, -0.2) is 0 Å². The van der Waals surface area contributed by atoms with Gasteiger partial charge in [-0.2, -0.15) is 0 Å². The van der Waals surface area contributed by atoms with Crippen molar-refractivity contribution in [2.75, 3.05) is 6.61 Å². The first-order chi connectivity index (χ1) is 9.08. The van der Waals surface area contributed by atoms with Gasteiger partial charge in [-0.15, -0.1) is 0 Å². The Bertz CT molecular complexity index is 372. The molecule has 1 aromatic carbocycles. The Kier molecular flexibility index (Phi) is 6.93. The Morgan fingerprint density at radius 2 is 2.00 bits per heavy atom. The molecule has 108 valence electrons. The third kappa shape index (κ3) is 5.23. The molecule has 0 aliphatic heterocycles. The predicted molar refractivity (Wildman–Crippen MR) is 80.6 cm³/mol. The van der Waals surface area contributed by atoms with Gasteiger partial charge in [0.1, 0.15) is 5.75 Å². The Balaban J connectivity index is 2.67. The first kappa shape index (κ1) is 16.0. The summed E-state index contributed by atoms with van der Waals surface area (Å²) in [5, 5.41) is 9.78. The normalized spacial score (nSPS) is 14.2. The van der Waals surface area contributed by atoms with E-state index in [2.05, 4.69) is 13.8 Å². The van der Waals surface area contributed by atoms with Gasteiger partial charge in [-0.3, -0.25) is 0 Å². The van der Waals surface area contributed by atoms with Crippen molar-refractivity contribution in [3.63, 3.8) is 0 Å². The van der Waals surface area contributed by atoms with Crippen molar-refractivity contribution in [1.82, 2.24) is 0 Å². The van der Waals surface area contributed by atoms with Crippen LogP contribution in [0.5, 0.6) is 5.75 Å². The second kappa shape index (κ2) is 8.21. The van der Waals surface area contributed by atoms with Crippen LogP contribution in [0.3, 0.4) is 0 Å². The van der Waals surface area contributed by atoms with Crippen molar-refractivity contribution in [1.29, 1.82) is 0 Å². The van der Waals surface area contributed by atoms with E-state index in [0.717, 1.165) is 24.3 Å². The maximum absolute atomic E-state index is 9.78. The van der Waals surface area contributed by atoms with Gasteiger partial charge in [0.05, 0.1) is 12.7 Å². The second-order valence-corrected chi connectivity index (χ2v) is 5.44. The molecule has 1 rings (SSSR count). The highest BCUT2D eigenvalue weighted by Crippen LogP contribution is 2.27. The molecule has 2 nitrogen and oxygen atoms in total. The molecule has 0 aromatic heterocycles. The highest BCUT2D eigenvalue weighted by Gasteiger charge is 2.12. The number of hydrogen-bond donors (Lipinski definition) is 1. The van der Waals surface area contributed by atoms with Crippen molar-refractivity contribution in [3.8, 4) is 5.75 Å². The van der Waals surface area contributed by atoms with Gasteiger partial charge < -0.3 is 9.84 Å². The van der Waals surface area contributed by atoms with Crippen LogP contribution in [-0.4, -0.2) is 11.7 Å². The lowest BCUT2D eigenvalue weighted by Gasteiger charge is -2.19. The molecule has 2 heteroatoms. The third-order valence-electron chi connectivity index (χ3n) is 3.64. The standard InChI is InChI=1S/C17H28O2/c1-5-7-8-15(6-2)12-19-17-11-13(3)9-10-16(17)14(4)18/h9-11,14-15,18H,5-8,12H2,1-4H3. The Morgan fingerprint density at radius 1 is 1.26 bits per heavy atom. The van der Waals surface area contributed by atoms with Gasteiger partial charge >= 0.3 is 0 Å². The zero-order valence-corrected chi connectivity index (χ0v) is 12.8. The average molecular weight is 264 g/mol. The summed E-state index contributed by atoms with van der Waals surface area (Å²) in [7, 11) is 0. The van der Waals surface area contributed by atoms with E-state index in [1.165, 1.54) is 24.8 Å². The number of ether oxygens (including phenoxy) is 1. The SMILES string of the molecule is CCCCC(CC)COc1cc(C)ccc1C(C)O. The number of rotatable bonds is 8. The Hall–Kier alpha value is -1.02. The molecule has 0 amide bonds. The molecule has 1 N–H and O–H groups in total. The number of benzene rings is 1. The summed E-state index contributed by atoms with van der Waals surface area (Å²) < 4.78 is 5.97. The van der Waals surface area contributed by atoms with Gasteiger partial charge in [0.25, 0.3) is 0 Å². The van der Waals surface area contributed by atoms with E-state index in [-0.39, 0.29) is 0 Å². The zero-order chi connectivity index (χ0) is 14.3. The fourth-order valence-corrected chi connectivity index (χ4v) is 2.22. The predicted octanol–water partition coefficient (Wildman–Crippen LogP) is 4.64. The van der Waals surface area contributed by atoms with E-state index in [1.807, 2.05) is 25.1 Å². The third-order valence-corrected chi connectivity index (χ3v) is 3.64. The van der Waals surface area contributed by atoms with Gasteiger partial charge in [-0.1, -0.05) is 45.2 Å². The number of aliphatic hydroxyl groups is 1. The van der Waals surface area contributed by atoms with Crippen molar-refractivity contribution < 1.29 is 9.84 Å². The molecule has 0 aliphatic rings. The Labute approximate surface area is 117 Å². The molecule has 1 aromatic rings. The smallest absolute Gasteiger partial charge is 0.125 e. The summed E-state index contributed by atoms with van der Waals surface area (Å²) >= 11 is 0. The lowest BCUT2D eigenvalue weighted by atomic mass is 10.0. The van der Waals surface area contributed by atoms with Crippen LogP contribution in [0.15, 0.2) is 18.2 Å². The second-order valence-electron chi connectivity index (χ2n) is 5.44. The summed E-state index contributed by atoms with van der Waals surface area (Å²) in [6.45, 7) is 9.02. The molecule has 2 unspecified atom stereocenters. The van der Waals surface area contributed by atoms with Crippen LogP contribution in [0.2, 0.25) is 0 Å². The summed E-state index contributed by atoms with van der Waals surface area (Å²) in [5.41, 5.74) is 2.05. The summed E-state index contributed by atoms with van der Waals surface area (Å²) in [6.07, 6.45) is 4.39. The van der Waals surface area contributed by atoms with Crippen molar-refractivity contribution >= 4 is 0 Å². The van der Waals surface area contributed by atoms with Crippen LogP contribution in [0.1, 0.15) is 63.7 Å². The molecule has 0 saturated carbocycles. The molecule has 0 heterocycles. The van der Waals surface area contributed by atoms with Crippen LogP contribution in [0, 0.1) is 12.8 Å². The maximum Gasteiger partial charge on any atom is 0.125 e. The van der Waals surface area contributed by atoms with Crippen LogP contribution in [0.25, 0.3) is 0 Å². The minimum Gasteiger partial charge on any atom is -0.493 e. The van der Waals surface area contributed by atoms with Gasteiger partial charge in [0.15, 0.2) is 0 Å². The van der Waals surface area contributed by atoms with E-state index in [4.69, 9.17) is 4.74 Å². The van der Waals surface area contributed by atoms with Crippen LogP contribution >= 0.6 is 0 Å². The minimum absolute atomic E-state index is 0.480. The zero-order valence-electron chi connectivity index (χ0n) is 12.8. The van der Waals surface area contributed by atoms with Crippen LogP contribution in [0.4, 0.5) is 0 Å². The van der Waals surface area contributed by atoms with Crippen molar-refractivity contribution in [2.24, 2.45) is 5.92 Å². The summed E-state index contributed by atoms with van der Waals surface area (Å²) in [4.78, 5) is 0. The van der Waals surface area contributed by atoms with E-state index in [1.54, 1.807) is 6.92 Å². The number of unbranched alkanes of at least 4 members (excludes halogenated alkanes) is 1. The molecule has 0 saturated heterocycles. The summed E-state index contributed by atoms with van der Waals surface area (Å²) in [6, 6.07) is 6.00. The van der Waals surface area contributed by atoms with Crippen molar-refractivity contribution in [2.45, 2.75) is 59.5 Å². The number of aliphatic hydroxyl groups excluding tert-OH is 1. The largest absolute Gasteiger partial charge is 0.493 e. The number of aryl methyl sites for hydroxylation is 1. The van der Waals surface area contributed by atoms with E-state index < -0.39 is 6.10 Å². The first-order valence-electron chi connectivity index (χ1n) is 7.49. The van der Waals surface area contributed by atoms with E-state index in [0.29, 0.717) is 5.92 Å². The molecule has 0 spiro atoms. The summed E-state index contributed by atoms with van der Waals surface area (Å²) in [5.74, 6) is 1.45. The van der Waals surface area contributed by atoms with Gasteiger partial charge in [-0.05, 0) is 37.8 Å².